The second-order valence-electron chi connectivity index (χ2n) is 6.00. The fraction of sp³-hybridized carbons (Fsp3) is 0.250. The SMILES string of the molecule is COc1ccccc1[C@H](CNC(=O)/C=C/c1ccc(F)cc1)[NH+](C)C. The molecule has 0 fully saturated rings. The lowest BCUT2D eigenvalue weighted by Gasteiger charge is -2.23. The highest BCUT2D eigenvalue weighted by molar-refractivity contribution is 5.91. The van der Waals surface area contributed by atoms with Crippen molar-refractivity contribution in [2.45, 2.75) is 6.04 Å². The van der Waals surface area contributed by atoms with E-state index in [1.807, 2.05) is 38.4 Å². The lowest BCUT2D eigenvalue weighted by Crippen LogP contribution is -3.07. The monoisotopic (exact) mass is 343 g/mol. The minimum Gasteiger partial charge on any atom is -0.496 e. The van der Waals surface area contributed by atoms with E-state index in [-0.39, 0.29) is 17.8 Å². The van der Waals surface area contributed by atoms with Crippen molar-refractivity contribution in [3.63, 3.8) is 0 Å². The molecule has 2 rings (SSSR count). The van der Waals surface area contributed by atoms with Crippen LogP contribution < -0.4 is 15.0 Å². The minimum absolute atomic E-state index is 0.0688. The molecule has 0 heterocycles. The molecule has 0 saturated heterocycles. The van der Waals surface area contributed by atoms with Crippen molar-refractivity contribution in [1.29, 1.82) is 0 Å². The fourth-order valence-corrected chi connectivity index (χ4v) is 2.59. The molecule has 132 valence electrons. The molecule has 5 heteroatoms. The number of hydrogen-bond acceptors (Lipinski definition) is 2. The highest BCUT2D eigenvalue weighted by atomic mass is 19.1. The Bertz CT molecular complexity index is 727. The summed E-state index contributed by atoms with van der Waals surface area (Å²) in [5, 5.41) is 2.92. The van der Waals surface area contributed by atoms with Gasteiger partial charge in [0.1, 0.15) is 17.6 Å². The van der Waals surface area contributed by atoms with Crippen LogP contribution in [0.15, 0.2) is 54.6 Å². The van der Waals surface area contributed by atoms with E-state index in [1.165, 1.54) is 23.1 Å². The Morgan fingerprint density at radius 3 is 2.52 bits per heavy atom. The van der Waals surface area contributed by atoms with Crippen LogP contribution in [0.25, 0.3) is 6.08 Å². The third kappa shape index (κ3) is 5.43. The minimum atomic E-state index is -0.296. The lowest BCUT2D eigenvalue weighted by atomic mass is 10.0. The molecule has 0 aliphatic carbocycles. The number of carbonyl (C=O) groups excluding carboxylic acids is 1. The first kappa shape index (κ1) is 18.7. The second kappa shape index (κ2) is 8.99. The Labute approximate surface area is 147 Å². The van der Waals surface area contributed by atoms with Crippen LogP contribution in [-0.2, 0) is 4.79 Å². The van der Waals surface area contributed by atoms with Crippen molar-refractivity contribution >= 4 is 12.0 Å². The van der Waals surface area contributed by atoms with Crippen molar-refractivity contribution in [3.8, 4) is 5.75 Å². The summed E-state index contributed by atoms with van der Waals surface area (Å²) in [5.41, 5.74) is 1.82. The van der Waals surface area contributed by atoms with Gasteiger partial charge in [-0.2, -0.15) is 0 Å². The van der Waals surface area contributed by atoms with E-state index in [1.54, 1.807) is 25.3 Å². The number of amides is 1. The summed E-state index contributed by atoms with van der Waals surface area (Å²) in [6, 6.07) is 13.9. The van der Waals surface area contributed by atoms with Gasteiger partial charge in [-0.05, 0) is 35.9 Å². The van der Waals surface area contributed by atoms with Gasteiger partial charge in [0, 0.05) is 6.08 Å². The van der Waals surface area contributed by atoms with Crippen LogP contribution in [0.5, 0.6) is 5.75 Å². The highest BCUT2D eigenvalue weighted by Crippen LogP contribution is 2.22. The van der Waals surface area contributed by atoms with Gasteiger partial charge in [-0.3, -0.25) is 4.79 Å². The number of rotatable bonds is 7. The van der Waals surface area contributed by atoms with Crippen LogP contribution in [0.3, 0.4) is 0 Å². The molecule has 2 aromatic carbocycles. The standard InChI is InChI=1S/C20H23FN2O2/c1-23(2)18(17-6-4-5-7-19(17)25-3)14-22-20(24)13-10-15-8-11-16(21)12-9-15/h4-13,18H,14H2,1-3H3,(H,22,24)/p+1/b13-10+/t18-/m0/s1. The first-order chi connectivity index (χ1) is 12.0. The largest absolute Gasteiger partial charge is 0.496 e. The predicted molar refractivity (Wildman–Crippen MR) is 97.0 cm³/mol. The number of para-hydroxylation sites is 1. The maximum atomic E-state index is 12.9. The van der Waals surface area contributed by atoms with Crippen LogP contribution in [-0.4, -0.2) is 33.7 Å². The van der Waals surface area contributed by atoms with Gasteiger partial charge in [0.25, 0.3) is 0 Å². The van der Waals surface area contributed by atoms with E-state index < -0.39 is 0 Å². The zero-order valence-electron chi connectivity index (χ0n) is 14.8. The van der Waals surface area contributed by atoms with Crippen LogP contribution in [0, 0.1) is 5.82 Å². The summed E-state index contributed by atoms with van der Waals surface area (Å²) in [4.78, 5) is 13.3. The number of hydrogen-bond donors (Lipinski definition) is 2. The smallest absolute Gasteiger partial charge is 0.244 e. The zero-order chi connectivity index (χ0) is 18.2. The number of methoxy groups -OCH3 is 1. The predicted octanol–water partition coefficient (Wildman–Crippen LogP) is 1.85. The average molecular weight is 343 g/mol. The topological polar surface area (TPSA) is 42.8 Å². The summed E-state index contributed by atoms with van der Waals surface area (Å²) < 4.78 is 18.3. The van der Waals surface area contributed by atoms with Crippen molar-refractivity contribution < 1.29 is 18.8 Å². The maximum absolute atomic E-state index is 12.9. The summed E-state index contributed by atoms with van der Waals surface area (Å²) in [7, 11) is 5.72. The Kier molecular flexibility index (Phi) is 6.71. The van der Waals surface area contributed by atoms with E-state index in [4.69, 9.17) is 4.74 Å². The number of quaternary nitrogens is 1. The molecule has 0 aliphatic rings. The quantitative estimate of drug-likeness (QED) is 0.754. The van der Waals surface area contributed by atoms with Crippen LogP contribution in [0.1, 0.15) is 17.2 Å². The molecule has 2 aromatic rings. The van der Waals surface area contributed by atoms with Gasteiger partial charge in [0.2, 0.25) is 5.91 Å². The zero-order valence-corrected chi connectivity index (χ0v) is 14.8. The molecule has 25 heavy (non-hydrogen) atoms. The number of nitrogens with one attached hydrogen (secondary N) is 2. The second-order valence-corrected chi connectivity index (χ2v) is 6.00. The normalized spacial score (nSPS) is 12.4. The van der Waals surface area contributed by atoms with Crippen molar-refractivity contribution in [2.75, 3.05) is 27.7 Å². The summed E-state index contributed by atoms with van der Waals surface area (Å²) in [5.74, 6) is 0.325. The van der Waals surface area contributed by atoms with E-state index in [9.17, 15) is 9.18 Å². The van der Waals surface area contributed by atoms with Gasteiger partial charge in [-0.25, -0.2) is 4.39 Å². The van der Waals surface area contributed by atoms with Gasteiger partial charge in [-0.15, -0.1) is 0 Å². The molecular formula is C20H24FN2O2+. The van der Waals surface area contributed by atoms with E-state index in [2.05, 4.69) is 5.32 Å². The van der Waals surface area contributed by atoms with Gasteiger partial charge < -0.3 is 15.0 Å². The number of benzene rings is 2. The van der Waals surface area contributed by atoms with Gasteiger partial charge in [-0.1, -0.05) is 24.3 Å². The van der Waals surface area contributed by atoms with Crippen molar-refractivity contribution in [2.24, 2.45) is 0 Å². The Morgan fingerprint density at radius 2 is 1.88 bits per heavy atom. The first-order valence-electron chi connectivity index (χ1n) is 8.15. The molecule has 0 unspecified atom stereocenters. The maximum Gasteiger partial charge on any atom is 0.244 e. The molecule has 4 nitrogen and oxygen atoms in total. The molecule has 1 amide bonds. The highest BCUT2D eigenvalue weighted by Gasteiger charge is 2.21. The van der Waals surface area contributed by atoms with Gasteiger partial charge in [0.05, 0.1) is 33.3 Å². The lowest BCUT2D eigenvalue weighted by molar-refractivity contribution is -0.890. The Hall–Kier alpha value is -2.66. The van der Waals surface area contributed by atoms with Crippen LogP contribution in [0.4, 0.5) is 4.39 Å². The summed E-state index contributed by atoms with van der Waals surface area (Å²) in [6.07, 6.45) is 3.12. The third-order valence-electron chi connectivity index (χ3n) is 3.99. The number of carbonyl (C=O) groups is 1. The van der Waals surface area contributed by atoms with E-state index in [0.29, 0.717) is 6.54 Å². The van der Waals surface area contributed by atoms with E-state index >= 15 is 0 Å². The number of likely N-dealkylation sites (N-methyl/N-ethyl adjacent to an activating group) is 1. The molecule has 0 radical (unpaired) electrons. The van der Waals surface area contributed by atoms with Gasteiger partial charge >= 0.3 is 0 Å². The molecule has 0 bridgehead atoms. The summed E-state index contributed by atoms with van der Waals surface area (Å²) in [6.45, 7) is 0.481. The molecule has 1 atom stereocenters. The van der Waals surface area contributed by atoms with Gasteiger partial charge in [0.15, 0.2) is 0 Å². The molecule has 0 aromatic heterocycles. The molecular weight excluding hydrogens is 319 g/mol. The molecule has 0 aliphatic heterocycles. The average Bonchev–Trinajstić information content (AvgIpc) is 2.61. The fourth-order valence-electron chi connectivity index (χ4n) is 2.59. The van der Waals surface area contributed by atoms with Crippen molar-refractivity contribution in [1.82, 2.24) is 5.32 Å². The molecule has 0 saturated carbocycles. The number of halogens is 1. The Balaban J connectivity index is 2.01. The van der Waals surface area contributed by atoms with Crippen LogP contribution >= 0.6 is 0 Å². The molecule has 0 spiro atoms. The van der Waals surface area contributed by atoms with E-state index in [0.717, 1.165) is 16.9 Å². The Morgan fingerprint density at radius 1 is 1.20 bits per heavy atom. The van der Waals surface area contributed by atoms with Crippen LogP contribution in [0.2, 0.25) is 0 Å². The van der Waals surface area contributed by atoms with Crippen molar-refractivity contribution in [3.05, 3.63) is 71.6 Å². The first-order valence-corrected chi connectivity index (χ1v) is 8.15. The number of ether oxygens (including phenoxy) is 1. The summed E-state index contributed by atoms with van der Waals surface area (Å²) >= 11 is 0. The third-order valence-corrected chi connectivity index (χ3v) is 3.99. The molecule has 2 N–H and O–H groups in total.